The minimum Gasteiger partial charge on any atom is -0.382 e. The molecule has 0 aliphatic carbocycles. The molecule has 3 rings (SSSR count). The zero-order valence-corrected chi connectivity index (χ0v) is 19.5. The Hall–Kier alpha value is -2.19. The second-order valence-electron chi connectivity index (χ2n) is 8.00. The SMILES string of the molecule is CCOCCCNC(=O)C1CCN(C2=NS(=O)(=O)C(c3ccc(CC)cc3)=C2C)CC1. The molecule has 0 spiro atoms. The van der Waals surface area contributed by atoms with Gasteiger partial charge in [0.15, 0.2) is 0 Å². The first-order valence-electron chi connectivity index (χ1n) is 11.1. The van der Waals surface area contributed by atoms with E-state index in [9.17, 15) is 13.2 Å². The highest BCUT2D eigenvalue weighted by Gasteiger charge is 2.35. The predicted octanol–water partition coefficient (Wildman–Crippen LogP) is 2.98. The number of hydrogen-bond acceptors (Lipinski definition) is 5. The fraction of sp³-hybridized carbons (Fsp3) is 0.565. The van der Waals surface area contributed by atoms with Crippen LogP contribution in [0.5, 0.6) is 0 Å². The number of nitrogens with zero attached hydrogens (tertiary/aromatic N) is 2. The molecule has 0 radical (unpaired) electrons. The summed E-state index contributed by atoms with van der Waals surface area (Å²) in [7, 11) is -3.72. The lowest BCUT2D eigenvalue weighted by molar-refractivity contribution is -0.126. The minimum absolute atomic E-state index is 0.0488. The van der Waals surface area contributed by atoms with E-state index >= 15 is 0 Å². The van der Waals surface area contributed by atoms with Gasteiger partial charge in [-0.15, -0.1) is 4.40 Å². The topological polar surface area (TPSA) is 88.1 Å². The maximum Gasteiger partial charge on any atom is 0.285 e. The molecule has 0 saturated carbocycles. The van der Waals surface area contributed by atoms with Crippen LogP contribution >= 0.6 is 0 Å². The van der Waals surface area contributed by atoms with E-state index in [1.807, 2.05) is 43.0 Å². The number of rotatable bonds is 8. The van der Waals surface area contributed by atoms with Gasteiger partial charge in [0.2, 0.25) is 5.91 Å². The molecule has 8 heteroatoms. The van der Waals surface area contributed by atoms with Crippen LogP contribution in [0.2, 0.25) is 0 Å². The zero-order valence-electron chi connectivity index (χ0n) is 18.7. The van der Waals surface area contributed by atoms with Crippen molar-refractivity contribution >= 4 is 26.7 Å². The van der Waals surface area contributed by atoms with Crippen LogP contribution < -0.4 is 5.32 Å². The number of carbonyl (C=O) groups excluding carboxylic acids is 1. The second kappa shape index (κ2) is 10.4. The Morgan fingerprint density at radius 2 is 1.87 bits per heavy atom. The van der Waals surface area contributed by atoms with Crippen molar-refractivity contribution in [3.8, 4) is 0 Å². The fourth-order valence-corrected chi connectivity index (χ4v) is 5.59. The molecule has 2 aliphatic heterocycles. The summed E-state index contributed by atoms with van der Waals surface area (Å²) in [6, 6.07) is 7.63. The van der Waals surface area contributed by atoms with Gasteiger partial charge in [-0.25, -0.2) is 0 Å². The van der Waals surface area contributed by atoms with Crippen LogP contribution in [-0.2, 0) is 26.0 Å². The van der Waals surface area contributed by atoms with Gasteiger partial charge in [-0.05, 0) is 50.7 Å². The first kappa shape index (κ1) is 23.5. The van der Waals surface area contributed by atoms with Gasteiger partial charge in [-0.3, -0.25) is 4.79 Å². The molecule has 7 nitrogen and oxygen atoms in total. The van der Waals surface area contributed by atoms with Crippen molar-refractivity contribution in [2.45, 2.75) is 46.5 Å². The number of carbonyl (C=O) groups is 1. The van der Waals surface area contributed by atoms with Crippen LogP contribution in [0.1, 0.15) is 51.2 Å². The summed E-state index contributed by atoms with van der Waals surface area (Å²) in [5.41, 5.74) is 2.52. The van der Waals surface area contributed by atoms with Crippen molar-refractivity contribution in [1.82, 2.24) is 10.2 Å². The van der Waals surface area contributed by atoms with Gasteiger partial charge in [0.25, 0.3) is 10.0 Å². The normalized spacial score (nSPS) is 18.9. The number of nitrogens with one attached hydrogen (secondary N) is 1. The molecule has 0 bridgehead atoms. The Bertz CT molecular complexity index is 944. The summed E-state index contributed by atoms with van der Waals surface area (Å²) in [5.74, 6) is 0.540. The highest BCUT2D eigenvalue weighted by molar-refractivity contribution is 8.00. The lowest BCUT2D eigenvalue weighted by Gasteiger charge is -2.32. The second-order valence-corrected chi connectivity index (χ2v) is 9.54. The van der Waals surface area contributed by atoms with Crippen LogP contribution in [-0.4, -0.2) is 57.9 Å². The van der Waals surface area contributed by atoms with Gasteiger partial charge in [0.05, 0.1) is 0 Å². The number of hydrogen-bond donors (Lipinski definition) is 1. The lowest BCUT2D eigenvalue weighted by atomic mass is 9.95. The summed E-state index contributed by atoms with van der Waals surface area (Å²) in [4.78, 5) is 14.7. The number of ether oxygens (including phenoxy) is 1. The smallest absolute Gasteiger partial charge is 0.285 e. The molecule has 2 aliphatic rings. The predicted molar refractivity (Wildman–Crippen MR) is 123 cm³/mol. The number of aryl methyl sites for hydroxylation is 1. The average molecular weight is 448 g/mol. The number of sulfonamides is 1. The van der Waals surface area contributed by atoms with E-state index in [1.54, 1.807) is 0 Å². The first-order chi connectivity index (χ1) is 14.9. The van der Waals surface area contributed by atoms with Crippen molar-refractivity contribution in [1.29, 1.82) is 0 Å². The third-order valence-corrected chi connectivity index (χ3v) is 7.37. The van der Waals surface area contributed by atoms with E-state index in [0.717, 1.165) is 18.4 Å². The van der Waals surface area contributed by atoms with Gasteiger partial charge in [0.1, 0.15) is 10.7 Å². The van der Waals surface area contributed by atoms with Crippen molar-refractivity contribution in [2.75, 3.05) is 32.8 Å². The molecular weight excluding hydrogens is 414 g/mol. The third-order valence-electron chi connectivity index (χ3n) is 5.90. The summed E-state index contributed by atoms with van der Waals surface area (Å²) >= 11 is 0. The molecule has 1 aromatic rings. The Morgan fingerprint density at radius 1 is 1.19 bits per heavy atom. The number of amidine groups is 1. The van der Waals surface area contributed by atoms with E-state index in [-0.39, 0.29) is 11.8 Å². The van der Waals surface area contributed by atoms with Crippen LogP contribution in [0.15, 0.2) is 34.2 Å². The summed E-state index contributed by atoms with van der Waals surface area (Å²) in [6.07, 6.45) is 3.08. The molecule has 1 amide bonds. The van der Waals surface area contributed by atoms with E-state index in [4.69, 9.17) is 4.74 Å². The zero-order chi connectivity index (χ0) is 22.4. The molecule has 31 heavy (non-hydrogen) atoms. The molecule has 1 aromatic carbocycles. The standard InChI is InChI=1S/C23H33N3O4S/c1-4-18-7-9-19(10-8-18)21-17(3)22(25-31(21,28)29)26-14-11-20(12-15-26)23(27)24-13-6-16-30-5-2/h7-10,20H,4-6,11-16H2,1-3H3,(H,24,27). The maximum absolute atomic E-state index is 12.8. The van der Waals surface area contributed by atoms with Crippen molar-refractivity contribution < 1.29 is 17.9 Å². The van der Waals surface area contributed by atoms with E-state index in [2.05, 4.69) is 16.6 Å². The number of amides is 1. The van der Waals surface area contributed by atoms with Crippen molar-refractivity contribution in [3.05, 3.63) is 41.0 Å². The number of piperidine rings is 1. The summed E-state index contributed by atoms with van der Waals surface area (Å²) in [6.45, 7) is 9.03. The van der Waals surface area contributed by atoms with Gasteiger partial charge in [-0.1, -0.05) is 31.2 Å². The molecule has 0 unspecified atom stereocenters. The Labute approximate surface area is 185 Å². The molecule has 170 valence electrons. The number of benzene rings is 1. The largest absolute Gasteiger partial charge is 0.382 e. The van der Waals surface area contributed by atoms with Gasteiger partial charge in [0, 0.05) is 44.3 Å². The average Bonchev–Trinajstić information content (AvgIpc) is 3.02. The van der Waals surface area contributed by atoms with E-state index in [0.29, 0.717) is 67.6 Å². The quantitative estimate of drug-likeness (QED) is 0.619. The Kier molecular flexibility index (Phi) is 7.89. The monoisotopic (exact) mass is 447 g/mol. The van der Waals surface area contributed by atoms with Gasteiger partial charge >= 0.3 is 0 Å². The summed E-state index contributed by atoms with van der Waals surface area (Å²) < 4.78 is 35.0. The molecule has 1 saturated heterocycles. The maximum atomic E-state index is 12.8. The van der Waals surface area contributed by atoms with Crippen molar-refractivity contribution in [2.24, 2.45) is 10.3 Å². The minimum atomic E-state index is -3.72. The van der Waals surface area contributed by atoms with Gasteiger partial charge in [-0.2, -0.15) is 8.42 Å². The molecule has 1 fully saturated rings. The van der Waals surface area contributed by atoms with Gasteiger partial charge < -0.3 is 15.0 Å². The highest BCUT2D eigenvalue weighted by Crippen LogP contribution is 2.34. The Morgan fingerprint density at radius 3 is 2.48 bits per heavy atom. The highest BCUT2D eigenvalue weighted by atomic mass is 32.2. The fourth-order valence-electron chi connectivity index (χ4n) is 4.10. The van der Waals surface area contributed by atoms with Crippen molar-refractivity contribution in [3.63, 3.8) is 0 Å². The van der Waals surface area contributed by atoms with Crippen LogP contribution in [0, 0.1) is 5.92 Å². The molecule has 2 heterocycles. The number of likely N-dealkylation sites (tertiary alicyclic amines) is 1. The Balaban J connectivity index is 1.62. The third kappa shape index (κ3) is 5.54. The van der Waals surface area contributed by atoms with E-state index < -0.39 is 10.0 Å². The molecule has 1 N–H and O–H groups in total. The molecular formula is C23H33N3O4S. The summed E-state index contributed by atoms with van der Waals surface area (Å²) in [5, 5.41) is 2.98. The van der Waals surface area contributed by atoms with Crippen LogP contribution in [0.4, 0.5) is 0 Å². The van der Waals surface area contributed by atoms with Crippen LogP contribution in [0.3, 0.4) is 0 Å². The lowest BCUT2D eigenvalue weighted by Crippen LogP contribution is -2.43. The molecule has 0 atom stereocenters. The van der Waals surface area contributed by atoms with E-state index in [1.165, 1.54) is 0 Å². The first-order valence-corrected chi connectivity index (χ1v) is 12.6. The van der Waals surface area contributed by atoms with Crippen LogP contribution in [0.25, 0.3) is 4.91 Å². The molecule has 0 aromatic heterocycles.